The van der Waals surface area contributed by atoms with Gasteiger partial charge in [0.2, 0.25) is 5.91 Å². The minimum atomic E-state index is -0.955. The number of amides is 3. The number of ether oxygens (including phenoxy) is 1. The molecule has 156 valence electrons. The van der Waals surface area contributed by atoms with Gasteiger partial charge in [0.05, 0.1) is 29.0 Å². The number of primary amides is 1. The van der Waals surface area contributed by atoms with E-state index in [1.807, 2.05) is 18.3 Å². The second kappa shape index (κ2) is 8.76. The van der Waals surface area contributed by atoms with E-state index in [1.165, 1.54) is 11.7 Å². The molecular formula is C20H19ClN4O4S. The van der Waals surface area contributed by atoms with Crippen LogP contribution in [0.4, 0.5) is 4.79 Å². The molecule has 0 saturated heterocycles. The van der Waals surface area contributed by atoms with E-state index in [4.69, 9.17) is 22.1 Å². The Labute approximate surface area is 181 Å². The van der Waals surface area contributed by atoms with E-state index in [9.17, 15) is 14.4 Å². The summed E-state index contributed by atoms with van der Waals surface area (Å²) < 4.78 is 6.83. The molecule has 3 amide bonds. The quantitative estimate of drug-likeness (QED) is 0.459. The highest BCUT2D eigenvalue weighted by atomic mass is 35.5. The van der Waals surface area contributed by atoms with Gasteiger partial charge in [0.15, 0.2) is 5.16 Å². The molecule has 3 N–H and O–H groups in total. The zero-order chi connectivity index (χ0) is 22.0. The van der Waals surface area contributed by atoms with Crippen LogP contribution < -0.4 is 21.3 Å². The molecule has 0 aliphatic rings. The highest BCUT2D eigenvalue weighted by Crippen LogP contribution is 2.30. The molecule has 1 heterocycles. The Morgan fingerprint density at radius 3 is 2.67 bits per heavy atom. The number of fused-ring (bicyclic) bond motifs is 1. The van der Waals surface area contributed by atoms with Crippen LogP contribution in [-0.2, 0) is 4.79 Å². The monoisotopic (exact) mass is 446 g/mol. The summed E-state index contributed by atoms with van der Waals surface area (Å²) in [6.07, 6.45) is 0. The minimum Gasteiger partial charge on any atom is -0.495 e. The molecule has 0 unspecified atom stereocenters. The number of aromatic nitrogens is 2. The molecule has 0 spiro atoms. The SMILES string of the molecule is COc1ccc(C)cc1-n1c(S[C@H](C)C(=O)NC(N)=O)nc2cc(Cl)ccc2c1=O. The lowest BCUT2D eigenvalue weighted by Gasteiger charge is -2.18. The molecule has 0 aliphatic heterocycles. The molecule has 3 aromatic rings. The lowest BCUT2D eigenvalue weighted by molar-refractivity contribution is -0.119. The molecule has 0 saturated carbocycles. The number of aryl methyl sites for hydroxylation is 1. The number of hydrogen-bond donors (Lipinski definition) is 2. The van der Waals surface area contributed by atoms with Crippen molar-refractivity contribution in [2.75, 3.05) is 7.11 Å². The number of nitrogens with zero attached hydrogens (tertiary/aromatic N) is 2. The van der Waals surface area contributed by atoms with Crippen molar-refractivity contribution in [1.29, 1.82) is 0 Å². The predicted molar refractivity (Wildman–Crippen MR) is 117 cm³/mol. The fourth-order valence-corrected chi connectivity index (χ4v) is 3.93. The standard InChI is InChI=1S/C20H19ClN4O4S/c1-10-4-7-16(29-3)15(8-10)25-18(27)13-6-5-12(21)9-14(13)23-20(25)30-11(2)17(26)24-19(22)28/h4-9,11H,1-3H3,(H3,22,24,26,28)/t11-/m1/s1. The van der Waals surface area contributed by atoms with Gasteiger partial charge in [0.25, 0.3) is 5.56 Å². The number of halogens is 1. The van der Waals surface area contributed by atoms with Crippen molar-refractivity contribution in [1.82, 2.24) is 14.9 Å². The second-order valence-corrected chi connectivity index (χ2v) is 8.23. The van der Waals surface area contributed by atoms with Gasteiger partial charge >= 0.3 is 6.03 Å². The number of carbonyl (C=O) groups is 2. The average Bonchev–Trinajstić information content (AvgIpc) is 2.67. The zero-order valence-electron chi connectivity index (χ0n) is 16.4. The average molecular weight is 447 g/mol. The Bertz CT molecular complexity index is 1210. The molecule has 0 fully saturated rings. The number of urea groups is 1. The fraction of sp³-hybridized carbons (Fsp3) is 0.200. The number of nitrogens with two attached hydrogens (primary N) is 1. The number of rotatable bonds is 5. The van der Waals surface area contributed by atoms with E-state index >= 15 is 0 Å². The van der Waals surface area contributed by atoms with Gasteiger partial charge < -0.3 is 10.5 Å². The van der Waals surface area contributed by atoms with Gasteiger partial charge in [-0.2, -0.15) is 0 Å². The molecule has 3 rings (SSSR count). The number of hydrogen-bond acceptors (Lipinski definition) is 6. The maximum absolute atomic E-state index is 13.4. The summed E-state index contributed by atoms with van der Waals surface area (Å²) in [4.78, 5) is 41.2. The van der Waals surface area contributed by atoms with Crippen molar-refractivity contribution >= 4 is 46.2 Å². The molecule has 8 nitrogen and oxygen atoms in total. The summed E-state index contributed by atoms with van der Waals surface area (Å²) in [6, 6.07) is 9.24. The van der Waals surface area contributed by atoms with E-state index in [0.29, 0.717) is 27.4 Å². The van der Waals surface area contributed by atoms with Crippen LogP contribution in [0.5, 0.6) is 5.75 Å². The molecular weight excluding hydrogens is 428 g/mol. The van der Waals surface area contributed by atoms with Crippen LogP contribution in [0, 0.1) is 6.92 Å². The van der Waals surface area contributed by atoms with Crippen molar-refractivity contribution < 1.29 is 14.3 Å². The highest BCUT2D eigenvalue weighted by molar-refractivity contribution is 8.00. The normalized spacial score (nSPS) is 11.9. The molecule has 0 aliphatic carbocycles. The number of benzene rings is 2. The number of imide groups is 1. The summed E-state index contributed by atoms with van der Waals surface area (Å²) in [5.41, 5.74) is 6.47. The summed E-state index contributed by atoms with van der Waals surface area (Å²) in [5.74, 6) is -0.135. The Morgan fingerprint density at radius 2 is 2.00 bits per heavy atom. The Hall–Kier alpha value is -3.04. The molecule has 1 aromatic heterocycles. The molecule has 2 aromatic carbocycles. The van der Waals surface area contributed by atoms with Gasteiger partial charge in [-0.1, -0.05) is 29.4 Å². The van der Waals surface area contributed by atoms with Crippen LogP contribution in [0.15, 0.2) is 46.3 Å². The second-order valence-electron chi connectivity index (χ2n) is 6.49. The van der Waals surface area contributed by atoms with Crippen LogP contribution in [0.3, 0.4) is 0 Å². The topological polar surface area (TPSA) is 116 Å². The van der Waals surface area contributed by atoms with E-state index < -0.39 is 17.2 Å². The Morgan fingerprint density at radius 1 is 1.27 bits per heavy atom. The van der Waals surface area contributed by atoms with E-state index in [-0.39, 0.29) is 10.7 Å². The summed E-state index contributed by atoms with van der Waals surface area (Å²) in [6.45, 7) is 3.47. The van der Waals surface area contributed by atoms with Gasteiger partial charge in [-0.25, -0.2) is 9.78 Å². The fourth-order valence-electron chi connectivity index (χ4n) is 2.84. The van der Waals surface area contributed by atoms with Crippen molar-refractivity contribution in [2.45, 2.75) is 24.3 Å². The smallest absolute Gasteiger partial charge is 0.318 e. The van der Waals surface area contributed by atoms with Crippen molar-refractivity contribution in [3.05, 3.63) is 57.3 Å². The number of carbonyl (C=O) groups excluding carboxylic acids is 2. The third-order valence-corrected chi connectivity index (χ3v) is 5.56. The van der Waals surface area contributed by atoms with Gasteiger partial charge in [-0.15, -0.1) is 0 Å². The maximum Gasteiger partial charge on any atom is 0.318 e. The van der Waals surface area contributed by atoms with Crippen molar-refractivity contribution in [3.63, 3.8) is 0 Å². The van der Waals surface area contributed by atoms with Gasteiger partial charge in [-0.05, 0) is 49.7 Å². The third-order valence-electron chi connectivity index (χ3n) is 4.27. The van der Waals surface area contributed by atoms with Gasteiger partial charge in [0, 0.05) is 5.02 Å². The summed E-state index contributed by atoms with van der Waals surface area (Å²) in [5, 5.41) is 2.30. The first-order valence-electron chi connectivity index (χ1n) is 8.85. The van der Waals surface area contributed by atoms with Gasteiger partial charge in [-0.3, -0.25) is 19.5 Å². The lowest BCUT2D eigenvalue weighted by Crippen LogP contribution is -2.39. The zero-order valence-corrected chi connectivity index (χ0v) is 18.0. The molecule has 30 heavy (non-hydrogen) atoms. The Balaban J connectivity index is 2.25. The largest absolute Gasteiger partial charge is 0.495 e. The first-order chi connectivity index (χ1) is 14.2. The lowest BCUT2D eigenvalue weighted by atomic mass is 10.2. The molecule has 10 heteroatoms. The van der Waals surface area contributed by atoms with E-state index in [0.717, 1.165) is 17.3 Å². The number of methoxy groups -OCH3 is 1. The van der Waals surface area contributed by atoms with Crippen molar-refractivity contribution in [3.8, 4) is 11.4 Å². The van der Waals surface area contributed by atoms with Crippen LogP contribution >= 0.6 is 23.4 Å². The first-order valence-corrected chi connectivity index (χ1v) is 10.1. The van der Waals surface area contributed by atoms with Crippen molar-refractivity contribution in [2.24, 2.45) is 5.73 Å². The molecule has 0 radical (unpaired) electrons. The van der Waals surface area contributed by atoms with Crippen LogP contribution in [0.2, 0.25) is 5.02 Å². The van der Waals surface area contributed by atoms with E-state index in [2.05, 4.69) is 4.98 Å². The Kier molecular flexibility index (Phi) is 6.33. The minimum absolute atomic E-state index is 0.241. The summed E-state index contributed by atoms with van der Waals surface area (Å²) >= 11 is 7.08. The number of nitrogens with one attached hydrogen (secondary N) is 1. The molecule has 1 atom stereocenters. The van der Waals surface area contributed by atoms with E-state index in [1.54, 1.807) is 37.3 Å². The third kappa shape index (κ3) is 4.42. The number of thioether (sulfide) groups is 1. The van der Waals surface area contributed by atoms with Crippen LogP contribution in [0.25, 0.3) is 16.6 Å². The first kappa shape index (κ1) is 21.7. The maximum atomic E-state index is 13.4. The summed E-state index contributed by atoms with van der Waals surface area (Å²) in [7, 11) is 1.50. The van der Waals surface area contributed by atoms with Crippen LogP contribution in [-0.4, -0.2) is 33.8 Å². The predicted octanol–water partition coefficient (Wildman–Crippen LogP) is 3.03. The molecule has 0 bridgehead atoms. The van der Waals surface area contributed by atoms with Crippen LogP contribution in [0.1, 0.15) is 12.5 Å². The van der Waals surface area contributed by atoms with Gasteiger partial charge in [0.1, 0.15) is 5.75 Å². The highest BCUT2D eigenvalue weighted by Gasteiger charge is 2.22.